The maximum absolute atomic E-state index is 6.25. The van der Waals surface area contributed by atoms with Crippen LogP contribution in [0.1, 0.15) is 5.56 Å². The third-order valence-electron chi connectivity index (χ3n) is 2.71. The molecule has 0 aliphatic heterocycles. The summed E-state index contributed by atoms with van der Waals surface area (Å²) in [4.78, 5) is 8.99. The van der Waals surface area contributed by atoms with Crippen molar-refractivity contribution in [1.82, 2.24) is 9.97 Å². The molecule has 0 unspecified atom stereocenters. The SMILES string of the molecule is Cc1cscc1-c1nc(Cl)c2cc(I)ccc2n1. The molecule has 0 radical (unpaired) electrons. The van der Waals surface area contributed by atoms with E-state index in [1.54, 1.807) is 11.3 Å². The van der Waals surface area contributed by atoms with E-state index in [0.29, 0.717) is 11.0 Å². The van der Waals surface area contributed by atoms with Crippen LogP contribution in [-0.4, -0.2) is 9.97 Å². The maximum Gasteiger partial charge on any atom is 0.162 e. The summed E-state index contributed by atoms with van der Waals surface area (Å²) in [5.41, 5.74) is 3.12. The van der Waals surface area contributed by atoms with Gasteiger partial charge >= 0.3 is 0 Å². The highest BCUT2D eigenvalue weighted by Crippen LogP contribution is 2.29. The Morgan fingerprint density at radius 1 is 1.22 bits per heavy atom. The molecule has 0 saturated carbocycles. The van der Waals surface area contributed by atoms with Crippen molar-refractivity contribution in [3.63, 3.8) is 0 Å². The molecule has 5 heteroatoms. The second kappa shape index (κ2) is 4.75. The fourth-order valence-electron chi connectivity index (χ4n) is 1.77. The predicted octanol–water partition coefficient (Wildman–Crippen LogP) is 4.92. The number of benzene rings is 1. The molecular weight excluding hydrogens is 379 g/mol. The van der Waals surface area contributed by atoms with Gasteiger partial charge in [0.1, 0.15) is 5.15 Å². The van der Waals surface area contributed by atoms with E-state index in [1.807, 2.05) is 18.2 Å². The molecule has 0 aliphatic carbocycles. The number of hydrogen-bond acceptors (Lipinski definition) is 3. The number of thiophene rings is 1. The van der Waals surface area contributed by atoms with Crippen LogP contribution < -0.4 is 0 Å². The van der Waals surface area contributed by atoms with Crippen molar-refractivity contribution in [3.8, 4) is 11.4 Å². The number of aromatic nitrogens is 2. The summed E-state index contributed by atoms with van der Waals surface area (Å²) < 4.78 is 1.13. The van der Waals surface area contributed by atoms with Crippen LogP contribution >= 0.6 is 45.5 Å². The molecule has 0 saturated heterocycles. The molecular formula is C13H8ClIN2S. The molecule has 2 nitrogen and oxygen atoms in total. The lowest BCUT2D eigenvalue weighted by molar-refractivity contribution is 1.22. The molecule has 3 rings (SSSR count). The van der Waals surface area contributed by atoms with Crippen LogP contribution in [0, 0.1) is 10.5 Å². The normalized spacial score (nSPS) is 11.1. The minimum Gasteiger partial charge on any atom is -0.228 e. The number of fused-ring (bicyclic) bond motifs is 1. The van der Waals surface area contributed by atoms with Gasteiger partial charge in [-0.3, -0.25) is 0 Å². The van der Waals surface area contributed by atoms with Gasteiger partial charge in [0.05, 0.1) is 5.52 Å². The van der Waals surface area contributed by atoms with Gasteiger partial charge in [-0.05, 0) is 58.7 Å². The van der Waals surface area contributed by atoms with E-state index < -0.39 is 0 Å². The summed E-state index contributed by atoms with van der Waals surface area (Å²) in [6.45, 7) is 2.06. The Balaban J connectivity index is 2.28. The second-order valence-electron chi connectivity index (χ2n) is 3.97. The van der Waals surface area contributed by atoms with Gasteiger partial charge in [0.2, 0.25) is 0 Å². The van der Waals surface area contributed by atoms with Crippen LogP contribution in [-0.2, 0) is 0 Å². The van der Waals surface area contributed by atoms with Crippen molar-refractivity contribution in [3.05, 3.63) is 43.2 Å². The van der Waals surface area contributed by atoms with Crippen LogP contribution in [0.3, 0.4) is 0 Å². The topological polar surface area (TPSA) is 25.8 Å². The standard InChI is InChI=1S/C13H8ClIN2S/c1-7-5-18-6-10(7)13-16-11-3-2-8(15)4-9(11)12(14)17-13/h2-6H,1H3. The Labute approximate surface area is 127 Å². The first-order valence-electron chi connectivity index (χ1n) is 5.31. The van der Waals surface area contributed by atoms with Gasteiger partial charge in [-0.1, -0.05) is 11.6 Å². The third kappa shape index (κ3) is 2.13. The lowest BCUT2D eigenvalue weighted by atomic mass is 10.2. The molecule has 2 aromatic heterocycles. The van der Waals surface area contributed by atoms with Gasteiger partial charge in [-0.15, -0.1) is 0 Å². The summed E-state index contributed by atoms with van der Waals surface area (Å²) in [5, 5.41) is 5.56. The number of nitrogens with zero attached hydrogens (tertiary/aromatic N) is 2. The van der Waals surface area contributed by atoms with Gasteiger partial charge in [0, 0.05) is 19.9 Å². The van der Waals surface area contributed by atoms with E-state index in [2.05, 4.69) is 50.2 Å². The molecule has 2 heterocycles. The highest BCUT2D eigenvalue weighted by atomic mass is 127. The number of halogens is 2. The zero-order chi connectivity index (χ0) is 12.7. The Hall–Kier alpha value is -0.720. The van der Waals surface area contributed by atoms with Gasteiger partial charge < -0.3 is 0 Å². The quantitative estimate of drug-likeness (QED) is 0.438. The molecule has 18 heavy (non-hydrogen) atoms. The Morgan fingerprint density at radius 2 is 2.06 bits per heavy atom. The van der Waals surface area contributed by atoms with E-state index in [-0.39, 0.29) is 0 Å². The number of aryl methyl sites for hydroxylation is 1. The smallest absolute Gasteiger partial charge is 0.162 e. The van der Waals surface area contributed by atoms with Crippen LogP contribution in [0.5, 0.6) is 0 Å². The van der Waals surface area contributed by atoms with Gasteiger partial charge in [-0.2, -0.15) is 11.3 Å². The Bertz CT molecular complexity index is 739. The lowest BCUT2D eigenvalue weighted by Gasteiger charge is -2.04. The van der Waals surface area contributed by atoms with Crippen LogP contribution in [0.25, 0.3) is 22.3 Å². The minimum atomic E-state index is 0.513. The fourth-order valence-corrected chi connectivity index (χ4v) is 3.32. The van der Waals surface area contributed by atoms with Crippen molar-refractivity contribution in [2.45, 2.75) is 6.92 Å². The largest absolute Gasteiger partial charge is 0.228 e. The van der Waals surface area contributed by atoms with Crippen molar-refractivity contribution in [1.29, 1.82) is 0 Å². The van der Waals surface area contributed by atoms with E-state index in [0.717, 1.165) is 20.0 Å². The molecule has 0 fully saturated rings. The maximum atomic E-state index is 6.25. The van der Waals surface area contributed by atoms with Gasteiger partial charge in [-0.25, -0.2) is 9.97 Å². The average Bonchev–Trinajstić information content (AvgIpc) is 2.76. The molecule has 90 valence electrons. The zero-order valence-electron chi connectivity index (χ0n) is 9.45. The number of hydrogen-bond donors (Lipinski definition) is 0. The summed E-state index contributed by atoms with van der Waals surface area (Å²) in [5.74, 6) is 0.701. The monoisotopic (exact) mass is 386 g/mol. The van der Waals surface area contributed by atoms with Gasteiger partial charge in [0.15, 0.2) is 5.82 Å². The summed E-state index contributed by atoms with van der Waals surface area (Å²) >= 11 is 10.2. The molecule has 3 aromatic rings. The van der Waals surface area contributed by atoms with Crippen LogP contribution in [0.15, 0.2) is 29.0 Å². The molecule has 1 aromatic carbocycles. The van der Waals surface area contributed by atoms with E-state index in [4.69, 9.17) is 11.6 Å². The highest BCUT2D eigenvalue weighted by Gasteiger charge is 2.10. The Kier molecular flexibility index (Phi) is 3.25. The van der Waals surface area contributed by atoms with Crippen molar-refractivity contribution in [2.75, 3.05) is 0 Å². The van der Waals surface area contributed by atoms with Gasteiger partial charge in [0.25, 0.3) is 0 Å². The fraction of sp³-hybridized carbons (Fsp3) is 0.0769. The first-order valence-corrected chi connectivity index (χ1v) is 7.71. The lowest BCUT2D eigenvalue weighted by Crippen LogP contribution is -1.92. The molecule has 0 N–H and O–H groups in total. The van der Waals surface area contributed by atoms with Crippen molar-refractivity contribution in [2.24, 2.45) is 0 Å². The van der Waals surface area contributed by atoms with E-state index in [1.165, 1.54) is 5.56 Å². The second-order valence-corrected chi connectivity index (χ2v) is 6.32. The average molecular weight is 387 g/mol. The Morgan fingerprint density at radius 3 is 2.78 bits per heavy atom. The highest BCUT2D eigenvalue weighted by molar-refractivity contribution is 14.1. The predicted molar refractivity (Wildman–Crippen MR) is 85.3 cm³/mol. The van der Waals surface area contributed by atoms with Crippen LogP contribution in [0.2, 0.25) is 5.15 Å². The van der Waals surface area contributed by atoms with Crippen molar-refractivity contribution < 1.29 is 0 Å². The minimum absolute atomic E-state index is 0.513. The summed E-state index contributed by atoms with van der Waals surface area (Å²) in [7, 11) is 0. The third-order valence-corrected chi connectivity index (χ3v) is 4.53. The molecule has 0 bridgehead atoms. The molecule has 0 aliphatic rings. The van der Waals surface area contributed by atoms with Crippen LogP contribution in [0.4, 0.5) is 0 Å². The van der Waals surface area contributed by atoms with E-state index >= 15 is 0 Å². The van der Waals surface area contributed by atoms with E-state index in [9.17, 15) is 0 Å². The summed E-state index contributed by atoms with van der Waals surface area (Å²) in [6, 6.07) is 6.01. The van der Waals surface area contributed by atoms with Crippen molar-refractivity contribution >= 4 is 56.4 Å². The number of rotatable bonds is 1. The molecule has 0 amide bonds. The first kappa shape index (κ1) is 12.3. The molecule has 0 atom stereocenters. The molecule has 0 spiro atoms. The zero-order valence-corrected chi connectivity index (χ0v) is 13.2. The summed E-state index contributed by atoms with van der Waals surface area (Å²) in [6.07, 6.45) is 0. The first-order chi connectivity index (χ1) is 8.65.